The standard InChI is InChI=1S/C17H22N4O2/c1-20(15-10-21-7-5-11(15)6-8-21)17(22)16-13-9-12(23-2)3-4-14(13)18-19-16/h3-4,9,11,15H,5-8,10H2,1-2H3,(H,18,19). The fourth-order valence-corrected chi connectivity index (χ4v) is 3.97. The van der Waals surface area contributed by atoms with E-state index in [2.05, 4.69) is 15.1 Å². The quantitative estimate of drug-likeness (QED) is 0.937. The molecule has 2 bridgehead atoms. The minimum Gasteiger partial charge on any atom is -0.497 e. The van der Waals surface area contributed by atoms with Crippen LogP contribution in [-0.4, -0.2) is 65.7 Å². The van der Waals surface area contributed by atoms with Gasteiger partial charge in [-0.15, -0.1) is 0 Å². The second kappa shape index (κ2) is 5.53. The number of nitrogens with one attached hydrogen (secondary N) is 1. The predicted molar refractivity (Wildman–Crippen MR) is 87.7 cm³/mol. The summed E-state index contributed by atoms with van der Waals surface area (Å²) in [5, 5.41) is 8.03. The predicted octanol–water partition coefficient (Wildman–Crippen LogP) is 1.74. The highest BCUT2D eigenvalue weighted by molar-refractivity contribution is 6.05. The van der Waals surface area contributed by atoms with Crippen LogP contribution in [0.5, 0.6) is 5.75 Å². The van der Waals surface area contributed by atoms with Crippen LogP contribution in [0.3, 0.4) is 0 Å². The molecule has 1 aromatic carbocycles. The highest BCUT2D eigenvalue weighted by Gasteiger charge is 2.38. The van der Waals surface area contributed by atoms with Crippen LogP contribution in [0, 0.1) is 5.92 Å². The topological polar surface area (TPSA) is 61.5 Å². The van der Waals surface area contributed by atoms with Crippen molar-refractivity contribution in [3.8, 4) is 5.75 Å². The van der Waals surface area contributed by atoms with E-state index < -0.39 is 0 Å². The lowest BCUT2D eigenvalue weighted by Gasteiger charge is -2.47. The number of piperidine rings is 3. The molecule has 3 aliphatic heterocycles. The Kier molecular flexibility index (Phi) is 3.49. The van der Waals surface area contributed by atoms with Crippen LogP contribution in [0.1, 0.15) is 23.3 Å². The van der Waals surface area contributed by atoms with Gasteiger partial charge in [0.05, 0.1) is 12.6 Å². The van der Waals surface area contributed by atoms with Crippen molar-refractivity contribution in [2.45, 2.75) is 18.9 Å². The number of aromatic amines is 1. The van der Waals surface area contributed by atoms with Gasteiger partial charge in [-0.05, 0) is 50.0 Å². The van der Waals surface area contributed by atoms with Gasteiger partial charge in [-0.3, -0.25) is 9.89 Å². The average molecular weight is 314 g/mol. The Morgan fingerprint density at radius 3 is 2.83 bits per heavy atom. The Morgan fingerprint density at radius 1 is 1.39 bits per heavy atom. The zero-order chi connectivity index (χ0) is 16.0. The molecule has 0 radical (unpaired) electrons. The summed E-state index contributed by atoms with van der Waals surface area (Å²) >= 11 is 0. The highest BCUT2D eigenvalue weighted by Crippen LogP contribution is 2.31. The van der Waals surface area contributed by atoms with Crippen molar-refractivity contribution >= 4 is 16.8 Å². The molecule has 1 unspecified atom stereocenters. The van der Waals surface area contributed by atoms with E-state index in [9.17, 15) is 4.79 Å². The Labute approximate surface area is 135 Å². The SMILES string of the molecule is COc1ccc2[nH]nc(C(=O)N(C)C3CN4CCC3CC4)c2c1. The van der Waals surface area contributed by atoms with Crippen molar-refractivity contribution < 1.29 is 9.53 Å². The first-order chi connectivity index (χ1) is 11.2. The van der Waals surface area contributed by atoms with E-state index in [1.165, 1.54) is 25.9 Å². The van der Waals surface area contributed by atoms with Crippen molar-refractivity contribution in [1.29, 1.82) is 0 Å². The summed E-state index contributed by atoms with van der Waals surface area (Å²) in [5.74, 6) is 1.34. The molecule has 3 aliphatic rings. The minimum absolute atomic E-state index is 0.0109. The monoisotopic (exact) mass is 314 g/mol. The average Bonchev–Trinajstić information content (AvgIpc) is 3.04. The summed E-state index contributed by atoms with van der Waals surface area (Å²) in [5.41, 5.74) is 1.34. The summed E-state index contributed by atoms with van der Waals surface area (Å²) in [6.45, 7) is 3.33. The minimum atomic E-state index is -0.0109. The molecule has 5 rings (SSSR count). The highest BCUT2D eigenvalue weighted by atomic mass is 16.5. The van der Waals surface area contributed by atoms with E-state index in [0.29, 0.717) is 17.7 Å². The summed E-state index contributed by atoms with van der Waals surface area (Å²) in [7, 11) is 3.54. The second-order valence-corrected chi connectivity index (χ2v) is 6.61. The molecule has 0 aliphatic carbocycles. The zero-order valence-electron chi connectivity index (χ0n) is 13.6. The molecule has 0 saturated carbocycles. The smallest absolute Gasteiger partial charge is 0.275 e. The number of hydrogen-bond donors (Lipinski definition) is 1. The van der Waals surface area contributed by atoms with Gasteiger partial charge in [-0.2, -0.15) is 5.10 Å². The molecule has 122 valence electrons. The number of likely N-dealkylation sites (N-methyl/N-ethyl adjacent to an activating group) is 1. The maximum atomic E-state index is 13.0. The largest absolute Gasteiger partial charge is 0.497 e. The summed E-state index contributed by atoms with van der Waals surface area (Å²) in [6, 6.07) is 5.93. The van der Waals surface area contributed by atoms with Crippen LogP contribution in [0.2, 0.25) is 0 Å². The van der Waals surface area contributed by atoms with E-state index >= 15 is 0 Å². The van der Waals surface area contributed by atoms with Crippen molar-refractivity contribution in [1.82, 2.24) is 20.0 Å². The van der Waals surface area contributed by atoms with Gasteiger partial charge < -0.3 is 14.5 Å². The van der Waals surface area contributed by atoms with Crippen LogP contribution in [0.15, 0.2) is 18.2 Å². The van der Waals surface area contributed by atoms with E-state index in [1.54, 1.807) is 7.11 Å². The number of rotatable bonds is 3. The first kappa shape index (κ1) is 14.5. The number of carbonyl (C=O) groups is 1. The molecule has 1 aromatic heterocycles. The number of nitrogens with zero attached hydrogens (tertiary/aromatic N) is 3. The number of benzene rings is 1. The van der Waals surface area contributed by atoms with Crippen molar-refractivity contribution in [3.63, 3.8) is 0 Å². The molecule has 2 aromatic rings. The van der Waals surface area contributed by atoms with Gasteiger partial charge in [0, 0.05) is 25.0 Å². The van der Waals surface area contributed by atoms with Gasteiger partial charge >= 0.3 is 0 Å². The number of hydrogen-bond acceptors (Lipinski definition) is 4. The molecule has 6 nitrogen and oxygen atoms in total. The molecule has 1 N–H and O–H groups in total. The number of methoxy groups -OCH3 is 1. The number of fused-ring (bicyclic) bond motifs is 4. The Bertz CT molecular complexity index is 733. The Balaban J connectivity index is 1.63. The molecule has 6 heteroatoms. The zero-order valence-corrected chi connectivity index (χ0v) is 13.6. The molecular formula is C17H22N4O2. The fraction of sp³-hybridized carbons (Fsp3) is 0.529. The molecule has 23 heavy (non-hydrogen) atoms. The summed E-state index contributed by atoms with van der Waals surface area (Å²) < 4.78 is 5.27. The van der Waals surface area contributed by atoms with Gasteiger partial charge in [0.15, 0.2) is 5.69 Å². The maximum absolute atomic E-state index is 13.0. The third-order valence-electron chi connectivity index (χ3n) is 5.41. The van der Waals surface area contributed by atoms with Gasteiger partial charge in [0.2, 0.25) is 0 Å². The first-order valence-corrected chi connectivity index (χ1v) is 8.19. The van der Waals surface area contributed by atoms with Crippen LogP contribution < -0.4 is 4.74 Å². The van der Waals surface area contributed by atoms with Crippen LogP contribution in [0.25, 0.3) is 10.9 Å². The first-order valence-electron chi connectivity index (χ1n) is 8.19. The van der Waals surface area contributed by atoms with Crippen LogP contribution >= 0.6 is 0 Å². The molecule has 3 fully saturated rings. The Morgan fingerprint density at radius 2 is 2.17 bits per heavy atom. The summed E-state index contributed by atoms with van der Waals surface area (Å²) in [4.78, 5) is 17.3. The van der Waals surface area contributed by atoms with E-state index in [0.717, 1.165) is 23.2 Å². The number of carbonyl (C=O) groups excluding carboxylic acids is 1. The molecule has 0 spiro atoms. The molecule has 1 amide bonds. The van der Waals surface area contributed by atoms with Crippen LogP contribution in [-0.2, 0) is 0 Å². The van der Waals surface area contributed by atoms with Gasteiger partial charge in [0.25, 0.3) is 5.91 Å². The Hall–Kier alpha value is -2.08. The number of ether oxygens (including phenoxy) is 1. The normalized spacial score (nSPS) is 26.4. The van der Waals surface area contributed by atoms with Gasteiger partial charge in [0.1, 0.15) is 5.75 Å². The number of H-pyrrole nitrogens is 1. The van der Waals surface area contributed by atoms with E-state index in [1.807, 2.05) is 30.1 Å². The van der Waals surface area contributed by atoms with E-state index in [-0.39, 0.29) is 5.91 Å². The second-order valence-electron chi connectivity index (χ2n) is 6.61. The lowest BCUT2D eigenvalue weighted by Crippen LogP contribution is -2.57. The molecule has 3 saturated heterocycles. The maximum Gasteiger partial charge on any atom is 0.275 e. The third-order valence-corrected chi connectivity index (χ3v) is 5.41. The lowest BCUT2D eigenvalue weighted by molar-refractivity contribution is 0.0160. The van der Waals surface area contributed by atoms with E-state index in [4.69, 9.17) is 4.74 Å². The molecule has 1 atom stereocenters. The number of amides is 1. The molecular weight excluding hydrogens is 292 g/mol. The summed E-state index contributed by atoms with van der Waals surface area (Å²) in [6.07, 6.45) is 2.38. The van der Waals surface area contributed by atoms with Crippen molar-refractivity contribution in [2.24, 2.45) is 5.92 Å². The lowest BCUT2D eigenvalue weighted by atomic mass is 9.83. The van der Waals surface area contributed by atoms with Crippen molar-refractivity contribution in [2.75, 3.05) is 33.8 Å². The number of aromatic nitrogens is 2. The molecule has 4 heterocycles. The van der Waals surface area contributed by atoms with Gasteiger partial charge in [-0.25, -0.2) is 0 Å². The third kappa shape index (κ3) is 2.37. The van der Waals surface area contributed by atoms with Gasteiger partial charge in [-0.1, -0.05) is 0 Å². The fourth-order valence-electron chi connectivity index (χ4n) is 3.97. The van der Waals surface area contributed by atoms with Crippen LogP contribution in [0.4, 0.5) is 0 Å². The van der Waals surface area contributed by atoms with Crippen molar-refractivity contribution in [3.05, 3.63) is 23.9 Å².